The molecule has 0 atom stereocenters. The van der Waals surface area contributed by atoms with Gasteiger partial charge in [-0.05, 0) is 60.8 Å². The number of rotatable bonds is 6. The summed E-state index contributed by atoms with van der Waals surface area (Å²) in [4.78, 5) is 7.51. The van der Waals surface area contributed by atoms with Crippen molar-refractivity contribution in [3.8, 4) is 0 Å². The number of likely N-dealkylation sites (N-methyl/N-ethyl adjacent to an activating group) is 1. The van der Waals surface area contributed by atoms with Crippen molar-refractivity contribution < 1.29 is 0 Å². The Morgan fingerprint density at radius 2 is 1.56 bits per heavy atom. The van der Waals surface area contributed by atoms with E-state index in [0.29, 0.717) is 5.54 Å². The van der Waals surface area contributed by atoms with Crippen molar-refractivity contribution in [3.05, 3.63) is 0 Å². The Hall–Kier alpha value is -0.120. The van der Waals surface area contributed by atoms with Gasteiger partial charge in [0.05, 0.1) is 0 Å². The summed E-state index contributed by atoms with van der Waals surface area (Å²) in [5, 5.41) is 0. The first kappa shape index (κ1) is 15.9. The number of nitrogens with zero attached hydrogens (tertiary/aromatic N) is 3. The molecule has 0 spiro atoms. The number of hydrogen-bond acceptors (Lipinski definition) is 3. The van der Waals surface area contributed by atoms with Crippen molar-refractivity contribution in [1.82, 2.24) is 14.7 Å². The van der Waals surface area contributed by atoms with Gasteiger partial charge in [-0.15, -0.1) is 0 Å². The van der Waals surface area contributed by atoms with Crippen molar-refractivity contribution in [2.75, 3.05) is 53.4 Å². The third kappa shape index (κ3) is 6.17. The lowest BCUT2D eigenvalue weighted by Gasteiger charge is -2.33. The summed E-state index contributed by atoms with van der Waals surface area (Å²) in [6.45, 7) is 14.4. The maximum absolute atomic E-state index is 2.62. The van der Waals surface area contributed by atoms with Crippen LogP contribution in [0.25, 0.3) is 0 Å². The van der Waals surface area contributed by atoms with Crippen LogP contribution in [-0.2, 0) is 0 Å². The normalized spacial score (nSPS) is 19.7. The topological polar surface area (TPSA) is 9.72 Å². The summed E-state index contributed by atoms with van der Waals surface area (Å²) in [5.41, 5.74) is 0.317. The maximum atomic E-state index is 2.62. The van der Waals surface area contributed by atoms with Gasteiger partial charge in [-0.3, -0.25) is 0 Å². The van der Waals surface area contributed by atoms with E-state index in [-0.39, 0.29) is 0 Å². The molecule has 3 heteroatoms. The third-order valence-corrected chi connectivity index (χ3v) is 4.21. The zero-order valence-electron chi connectivity index (χ0n) is 13.2. The van der Waals surface area contributed by atoms with Crippen LogP contribution in [0.2, 0.25) is 0 Å². The molecule has 0 saturated carbocycles. The lowest BCUT2D eigenvalue weighted by atomic mass is 10.1. The highest BCUT2D eigenvalue weighted by atomic mass is 15.2. The minimum atomic E-state index is 0.317. The molecule has 0 aromatic heterocycles. The molecule has 1 aliphatic heterocycles. The average molecular weight is 255 g/mol. The zero-order chi connectivity index (χ0) is 13.6. The molecule has 3 nitrogen and oxygen atoms in total. The van der Waals surface area contributed by atoms with E-state index in [2.05, 4.69) is 49.6 Å². The highest BCUT2D eigenvalue weighted by Crippen LogP contribution is 2.12. The van der Waals surface area contributed by atoms with E-state index in [9.17, 15) is 0 Å². The Morgan fingerprint density at radius 1 is 0.944 bits per heavy atom. The molecule has 108 valence electrons. The second-order valence-corrected chi connectivity index (χ2v) is 6.80. The van der Waals surface area contributed by atoms with Crippen LogP contribution in [0, 0.1) is 0 Å². The predicted molar refractivity (Wildman–Crippen MR) is 80.2 cm³/mol. The molecule has 0 bridgehead atoms. The van der Waals surface area contributed by atoms with Gasteiger partial charge in [0, 0.05) is 31.7 Å². The average Bonchev–Trinajstić information content (AvgIpc) is 2.29. The number of unbranched alkanes of at least 4 members (excludes halogenated alkanes) is 2. The molecule has 1 heterocycles. The van der Waals surface area contributed by atoms with Crippen LogP contribution >= 0.6 is 0 Å². The molecule has 0 N–H and O–H groups in total. The van der Waals surface area contributed by atoms with Crippen LogP contribution in [-0.4, -0.2) is 73.6 Å². The molecule has 0 aliphatic carbocycles. The summed E-state index contributed by atoms with van der Waals surface area (Å²) in [5.74, 6) is 0. The molecular formula is C15H33N3. The second kappa shape index (κ2) is 7.46. The van der Waals surface area contributed by atoms with E-state index >= 15 is 0 Å². The Morgan fingerprint density at radius 3 is 2.11 bits per heavy atom. The van der Waals surface area contributed by atoms with Gasteiger partial charge in [0.1, 0.15) is 0 Å². The first-order valence-electron chi connectivity index (χ1n) is 7.52. The summed E-state index contributed by atoms with van der Waals surface area (Å²) in [6.07, 6.45) is 4.07. The SMILES string of the molecule is CN1CCN(CCCCCN(C)C(C)(C)C)CC1. The van der Waals surface area contributed by atoms with Crippen molar-refractivity contribution in [1.29, 1.82) is 0 Å². The zero-order valence-corrected chi connectivity index (χ0v) is 13.2. The Bertz CT molecular complexity index is 214. The fourth-order valence-corrected chi connectivity index (χ4v) is 2.27. The molecule has 1 aliphatic rings. The molecule has 1 rings (SSSR count). The van der Waals surface area contributed by atoms with Crippen LogP contribution in [0.5, 0.6) is 0 Å². The predicted octanol–water partition coefficient (Wildman–Crippen LogP) is 2.13. The lowest BCUT2D eigenvalue weighted by molar-refractivity contribution is 0.148. The van der Waals surface area contributed by atoms with Gasteiger partial charge in [-0.2, -0.15) is 0 Å². The highest BCUT2D eigenvalue weighted by Gasteiger charge is 2.16. The Kier molecular flexibility index (Phi) is 6.61. The largest absolute Gasteiger partial charge is 0.304 e. The van der Waals surface area contributed by atoms with E-state index < -0.39 is 0 Å². The molecule has 18 heavy (non-hydrogen) atoms. The monoisotopic (exact) mass is 255 g/mol. The van der Waals surface area contributed by atoms with Gasteiger partial charge in [0.25, 0.3) is 0 Å². The van der Waals surface area contributed by atoms with Gasteiger partial charge < -0.3 is 14.7 Å². The fraction of sp³-hybridized carbons (Fsp3) is 1.00. The minimum Gasteiger partial charge on any atom is -0.304 e. The van der Waals surface area contributed by atoms with E-state index in [1.165, 1.54) is 58.5 Å². The van der Waals surface area contributed by atoms with Crippen LogP contribution in [0.15, 0.2) is 0 Å². The van der Waals surface area contributed by atoms with Crippen LogP contribution < -0.4 is 0 Å². The molecule has 1 saturated heterocycles. The van der Waals surface area contributed by atoms with Crippen molar-refractivity contribution >= 4 is 0 Å². The fourth-order valence-electron chi connectivity index (χ4n) is 2.27. The smallest absolute Gasteiger partial charge is 0.0122 e. The first-order chi connectivity index (χ1) is 8.39. The van der Waals surface area contributed by atoms with Crippen LogP contribution in [0.4, 0.5) is 0 Å². The highest BCUT2D eigenvalue weighted by molar-refractivity contribution is 4.73. The quantitative estimate of drug-likeness (QED) is 0.673. The van der Waals surface area contributed by atoms with Gasteiger partial charge in [-0.1, -0.05) is 6.42 Å². The Labute approximate surface area is 114 Å². The molecule has 1 fully saturated rings. The van der Waals surface area contributed by atoms with Crippen molar-refractivity contribution in [2.45, 2.75) is 45.6 Å². The van der Waals surface area contributed by atoms with Gasteiger partial charge in [0.2, 0.25) is 0 Å². The summed E-state index contributed by atoms with van der Waals surface area (Å²) in [7, 11) is 4.46. The molecule has 0 aromatic rings. The number of piperazine rings is 1. The Balaban J connectivity index is 1.99. The second-order valence-electron chi connectivity index (χ2n) is 6.80. The minimum absolute atomic E-state index is 0.317. The van der Waals surface area contributed by atoms with E-state index in [1.54, 1.807) is 0 Å². The van der Waals surface area contributed by atoms with Gasteiger partial charge in [-0.25, -0.2) is 0 Å². The summed E-state index contributed by atoms with van der Waals surface area (Å²) in [6, 6.07) is 0. The van der Waals surface area contributed by atoms with Crippen LogP contribution in [0.3, 0.4) is 0 Å². The lowest BCUT2D eigenvalue weighted by Crippen LogP contribution is -2.44. The molecule has 0 amide bonds. The number of hydrogen-bond donors (Lipinski definition) is 0. The molecule has 0 radical (unpaired) electrons. The van der Waals surface area contributed by atoms with E-state index in [4.69, 9.17) is 0 Å². The van der Waals surface area contributed by atoms with Crippen molar-refractivity contribution in [2.24, 2.45) is 0 Å². The first-order valence-corrected chi connectivity index (χ1v) is 7.52. The van der Waals surface area contributed by atoms with Gasteiger partial charge in [0.15, 0.2) is 0 Å². The standard InChI is InChI=1S/C15H33N3/c1-15(2,3)17(5)9-7-6-8-10-18-13-11-16(4)12-14-18/h6-14H2,1-5H3. The van der Waals surface area contributed by atoms with Crippen LogP contribution in [0.1, 0.15) is 40.0 Å². The summed E-state index contributed by atoms with van der Waals surface area (Å²) >= 11 is 0. The maximum Gasteiger partial charge on any atom is 0.0122 e. The van der Waals surface area contributed by atoms with E-state index in [0.717, 1.165) is 0 Å². The van der Waals surface area contributed by atoms with Crippen molar-refractivity contribution in [3.63, 3.8) is 0 Å². The van der Waals surface area contributed by atoms with E-state index in [1.807, 2.05) is 0 Å². The van der Waals surface area contributed by atoms with Gasteiger partial charge >= 0.3 is 0 Å². The molecule has 0 unspecified atom stereocenters. The summed E-state index contributed by atoms with van der Waals surface area (Å²) < 4.78 is 0. The molecular weight excluding hydrogens is 222 g/mol. The molecule has 0 aromatic carbocycles. The third-order valence-electron chi connectivity index (χ3n) is 4.21.